The predicted octanol–water partition coefficient (Wildman–Crippen LogP) is 5.79. The monoisotopic (exact) mass is 460 g/mol. The van der Waals surface area contributed by atoms with Gasteiger partial charge in [-0.2, -0.15) is 0 Å². The molecule has 2 amide bonds. The van der Waals surface area contributed by atoms with Crippen molar-refractivity contribution < 1.29 is 9.59 Å². The van der Waals surface area contributed by atoms with Gasteiger partial charge >= 0.3 is 0 Å². The molecule has 0 bridgehead atoms. The third kappa shape index (κ3) is 6.72. The van der Waals surface area contributed by atoms with Gasteiger partial charge < -0.3 is 10.2 Å². The lowest BCUT2D eigenvalue weighted by Gasteiger charge is -2.31. The number of rotatable bonds is 8. The summed E-state index contributed by atoms with van der Waals surface area (Å²) < 4.78 is 0. The lowest BCUT2D eigenvalue weighted by atomic mass is 9.95. The summed E-state index contributed by atoms with van der Waals surface area (Å²) in [5, 5.41) is 4.13. The van der Waals surface area contributed by atoms with Crippen LogP contribution in [0.25, 0.3) is 0 Å². The molecule has 1 atom stereocenters. The molecule has 0 heterocycles. The number of halogens is 2. The maximum atomic E-state index is 13.2. The Hall–Kier alpha value is -2.04. The number of carbonyl (C=O) groups is 2. The zero-order valence-electron chi connectivity index (χ0n) is 17.9. The number of benzene rings is 2. The second kappa shape index (κ2) is 11.5. The second-order valence-corrected chi connectivity index (χ2v) is 9.04. The van der Waals surface area contributed by atoms with Crippen LogP contribution in [-0.4, -0.2) is 28.8 Å². The van der Waals surface area contributed by atoms with Gasteiger partial charge in [-0.25, -0.2) is 0 Å². The summed E-state index contributed by atoms with van der Waals surface area (Å²) in [6.07, 6.45) is 6.41. The molecule has 1 unspecified atom stereocenters. The van der Waals surface area contributed by atoms with Crippen LogP contribution in [0.15, 0.2) is 48.5 Å². The number of hydrogen-bond donors (Lipinski definition) is 1. The Morgan fingerprint density at radius 3 is 2.29 bits per heavy atom. The maximum absolute atomic E-state index is 13.2. The molecule has 1 N–H and O–H groups in total. The Morgan fingerprint density at radius 2 is 1.65 bits per heavy atom. The molecule has 31 heavy (non-hydrogen) atoms. The minimum absolute atomic E-state index is 0.0915. The highest BCUT2D eigenvalue weighted by atomic mass is 35.5. The van der Waals surface area contributed by atoms with Crippen LogP contribution in [0.4, 0.5) is 0 Å². The number of amides is 2. The van der Waals surface area contributed by atoms with Crippen molar-refractivity contribution in [1.82, 2.24) is 10.2 Å². The largest absolute Gasteiger partial charge is 0.352 e. The van der Waals surface area contributed by atoms with Crippen LogP contribution in [0, 0.1) is 0 Å². The van der Waals surface area contributed by atoms with Crippen molar-refractivity contribution in [1.29, 1.82) is 0 Å². The van der Waals surface area contributed by atoms with Gasteiger partial charge in [0.05, 0.1) is 0 Å². The van der Waals surface area contributed by atoms with Gasteiger partial charge in [0.1, 0.15) is 6.04 Å². The maximum Gasteiger partial charge on any atom is 0.242 e. The van der Waals surface area contributed by atoms with Crippen molar-refractivity contribution in [2.45, 2.75) is 70.5 Å². The zero-order valence-corrected chi connectivity index (χ0v) is 19.5. The van der Waals surface area contributed by atoms with Gasteiger partial charge in [0.25, 0.3) is 0 Å². The average molecular weight is 461 g/mol. The molecule has 0 aromatic heterocycles. The molecule has 2 aromatic carbocycles. The van der Waals surface area contributed by atoms with Crippen LogP contribution in [0.1, 0.15) is 56.6 Å². The highest BCUT2D eigenvalue weighted by Gasteiger charge is 2.29. The van der Waals surface area contributed by atoms with E-state index < -0.39 is 6.04 Å². The topological polar surface area (TPSA) is 49.4 Å². The van der Waals surface area contributed by atoms with E-state index in [2.05, 4.69) is 5.32 Å². The molecular weight excluding hydrogens is 431 g/mol. The van der Waals surface area contributed by atoms with E-state index in [1.165, 1.54) is 6.42 Å². The fourth-order valence-corrected chi connectivity index (χ4v) is 4.56. The first-order valence-electron chi connectivity index (χ1n) is 11.0. The molecule has 0 aliphatic heterocycles. The molecule has 2 aromatic rings. The molecule has 4 nitrogen and oxygen atoms in total. The first kappa shape index (κ1) is 23.6. The molecule has 1 fully saturated rings. The normalized spacial score (nSPS) is 15.3. The fraction of sp³-hybridized carbons (Fsp3) is 0.440. The number of nitrogens with zero attached hydrogens (tertiary/aromatic N) is 1. The Balaban J connectivity index is 1.75. The molecule has 0 radical (unpaired) electrons. The van der Waals surface area contributed by atoms with E-state index in [1.807, 2.05) is 30.3 Å². The van der Waals surface area contributed by atoms with Crippen molar-refractivity contribution in [3.8, 4) is 0 Å². The number of aryl methyl sites for hydroxylation is 1. The smallest absolute Gasteiger partial charge is 0.242 e. The van der Waals surface area contributed by atoms with Crippen molar-refractivity contribution in [3.05, 3.63) is 69.7 Å². The Kier molecular flexibility index (Phi) is 8.79. The third-order valence-corrected chi connectivity index (χ3v) is 6.69. The number of carbonyl (C=O) groups excluding carboxylic acids is 2. The van der Waals surface area contributed by atoms with Crippen LogP contribution in [-0.2, 0) is 22.6 Å². The predicted molar refractivity (Wildman–Crippen MR) is 126 cm³/mol. The van der Waals surface area contributed by atoms with Crippen molar-refractivity contribution in [2.24, 2.45) is 0 Å². The minimum Gasteiger partial charge on any atom is -0.352 e. The zero-order chi connectivity index (χ0) is 22.2. The Labute approximate surface area is 194 Å². The van der Waals surface area contributed by atoms with Crippen molar-refractivity contribution in [3.63, 3.8) is 0 Å². The standard InChI is InChI=1S/C25H30Cl2N2O2/c1-18(25(31)28-20-11-6-3-7-12-20)29(17-21-22(26)13-8-14-23(21)27)24(30)16-15-19-9-4-2-5-10-19/h2,4-5,8-10,13-14,18,20H,3,6-7,11-12,15-17H2,1H3,(H,28,31). The summed E-state index contributed by atoms with van der Waals surface area (Å²) in [7, 11) is 0. The van der Waals surface area contributed by atoms with Gasteiger partial charge in [0.2, 0.25) is 11.8 Å². The number of nitrogens with one attached hydrogen (secondary N) is 1. The summed E-state index contributed by atoms with van der Waals surface area (Å²) in [4.78, 5) is 27.9. The molecule has 1 aliphatic rings. The van der Waals surface area contributed by atoms with Gasteiger partial charge in [0.15, 0.2) is 0 Å². The molecule has 166 valence electrons. The minimum atomic E-state index is -0.613. The van der Waals surface area contributed by atoms with E-state index in [1.54, 1.807) is 30.0 Å². The van der Waals surface area contributed by atoms with Crippen LogP contribution in [0.5, 0.6) is 0 Å². The molecule has 1 aliphatic carbocycles. The lowest BCUT2D eigenvalue weighted by Crippen LogP contribution is -2.50. The van der Waals surface area contributed by atoms with Gasteiger partial charge in [0, 0.05) is 34.6 Å². The van der Waals surface area contributed by atoms with Gasteiger partial charge in [-0.1, -0.05) is 78.9 Å². The summed E-state index contributed by atoms with van der Waals surface area (Å²) in [6.45, 7) is 1.98. The van der Waals surface area contributed by atoms with E-state index in [-0.39, 0.29) is 24.4 Å². The Bertz CT molecular complexity index is 862. The molecule has 0 saturated heterocycles. The van der Waals surface area contributed by atoms with Crippen LogP contribution >= 0.6 is 23.2 Å². The van der Waals surface area contributed by atoms with E-state index in [4.69, 9.17) is 23.2 Å². The Morgan fingerprint density at radius 1 is 1.00 bits per heavy atom. The van der Waals surface area contributed by atoms with E-state index in [9.17, 15) is 9.59 Å². The molecular formula is C25H30Cl2N2O2. The van der Waals surface area contributed by atoms with E-state index >= 15 is 0 Å². The first-order valence-corrected chi connectivity index (χ1v) is 11.8. The highest BCUT2D eigenvalue weighted by Crippen LogP contribution is 2.27. The second-order valence-electron chi connectivity index (χ2n) is 8.23. The van der Waals surface area contributed by atoms with Gasteiger partial charge in [-0.05, 0) is 43.9 Å². The summed E-state index contributed by atoms with van der Waals surface area (Å²) >= 11 is 12.7. The highest BCUT2D eigenvalue weighted by molar-refractivity contribution is 6.36. The third-order valence-electron chi connectivity index (χ3n) is 5.98. The van der Waals surface area contributed by atoms with Gasteiger partial charge in [-0.15, -0.1) is 0 Å². The molecule has 1 saturated carbocycles. The fourth-order valence-electron chi connectivity index (χ4n) is 4.04. The lowest BCUT2D eigenvalue weighted by molar-refractivity contribution is -0.141. The van der Waals surface area contributed by atoms with Crippen molar-refractivity contribution in [2.75, 3.05) is 0 Å². The van der Waals surface area contributed by atoms with Gasteiger partial charge in [-0.3, -0.25) is 9.59 Å². The van der Waals surface area contributed by atoms with Crippen molar-refractivity contribution >= 4 is 35.0 Å². The SMILES string of the molecule is CC(C(=O)NC1CCCCC1)N(Cc1c(Cl)cccc1Cl)C(=O)CCc1ccccc1. The summed E-state index contributed by atoms with van der Waals surface area (Å²) in [5.41, 5.74) is 1.75. The number of hydrogen-bond acceptors (Lipinski definition) is 2. The van der Waals surface area contributed by atoms with Crippen LogP contribution in [0.3, 0.4) is 0 Å². The molecule has 3 rings (SSSR count). The quantitative estimate of drug-likeness (QED) is 0.541. The van der Waals surface area contributed by atoms with E-state index in [0.717, 1.165) is 31.2 Å². The van der Waals surface area contributed by atoms with E-state index in [0.29, 0.717) is 28.5 Å². The molecule has 6 heteroatoms. The first-order chi connectivity index (χ1) is 15.0. The average Bonchev–Trinajstić information content (AvgIpc) is 2.78. The molecule has 0 spiro atoms. The van der Waals surface area contributed by atoms with Crippen LogP contribution in [0.2, 0.25) is 10.0 Å². The van der Waals surface area contributed by atoms with Crippen LogP contribution < -0.4 is 5.32 Å². The summed E-state index contributed by atoms with van der Waals surface area (Å²) in [5.74, 6) is -0.214. The summed E-state index contributed by atoms with van der Waals surface area (Å²) in [6, 6.07) is 14.7.